The van der Waals surface area contributed by atoms with E-state index < -0.39 is 0 Å². The van der Waals surface area contributed by atoms with Gasteiger partial charge in [0.1, 0.15) is 0 Å². The van der Waals surface area contributed by atoms with E-state index in [1.165, 1.54) is 16.7 Å². The Morgan fingerprint density at radius 2 is 1.91 bits per heavy atom. The summed E-state index contributed by atoms with van der Waals surface area (Å²) in [6.45, 7) is 5.61. The molecule has 2 aromatic heterocycles. The topological polar surface area (TPSA) is 72.0 Å². The lowest BCUT2D eigenvalue weighted by atomic mass is 10.0. The van der Waals surface area contributed by atoms with Crippen LogP contribution >= 0.6 is 0 Å². The first-order valence-corrected chi connectivity index (χ1v) is 12.0. The molecule has 1 aliphatic heterocycles. The molecule has 4 aromatic rings. The second-order valence-corrected chi connectivity index (χ2v) is 9.20. The van der Waals surface area contributed by atoms with Gasteiger partial charge >= 0.3 is 0 Å². The molecule has 5 rings (SSSR count). The summed E-state index contributed by atoms with van der Waals surface area (Å²) in [5.41, 5.74) is 14.1. The first kappa shape index (κ1) is 22.3. The summed E-state index contributed by atoms with van der Waals surface area (Å²) in [7, 11) is 0. The van der Waals surface area contributed by atoms with Crippen LogP contribution in [0.5, 0.6) is 0 Å². The Morgan fingerprint density at radius 1 is 1.03 bits per heavy atom. The first-order chi connectivity index (χ1) is 16.6. The van der Waals surface area contributed by atoms with E-state index in [0.29, 0.717) is 6.54 Å². The average Bonchev–Trinajstić information content (AvgIpc) is 3.30. The number of nitrogens with zero attached hydrogens (tertiary/aromatic N) is 4. The van der Waals surface area contributed by atoms with Crippen molar-refractivity contribution in [3.8, 4) is 16.8 Å². The highest BCUT2D eigenvalue weighted by Gasteiger charge is 2.17. The monoisotopic (exact) mass is 452 g/mol. The molecule has 0 spiro atoms. The zero-order chi connectivity index (χ0) is 23.3. The molecule has 1 atom stereocenters. The fourth-order valence-electron chi connectivity index (χ4n) is 4.65. The number of hydrogen-bond acceptors (Lipinski definition) is 5. The van der Waals surface area contributed by atoms with E-state index in [2.05, 4.69) is 85.5 Å². The van der Waals surface area contributed by atoms with Crippen LogP contribution in [0.3, 0.4) is 0 Å². The zero-order valence-corrected chi connectivity index (χ0v) is 19.7. The molecular formula is C28H32N6. The van der Waals surface area contributed by atoms with Crippen molar-refractivity contribution >= 4 is 5.69 Å². The highest BCUT2D eigenvalue weighted by atomic mass is 15.1. The lowest BCUT2D eigenvalue weighted by Gasteiger charge is -2.30. The van der Waals surface area contributed by atoms with Gasteiger partial charge in [0.05, 0.1) is 24.3 Å². The molecule has 1 aliphatic rings. The van der Waals surface area contributed by atoms with Crippen molar-refractivity contribution in [2.45, 2.75) is 38.9 Å². The highest BCUT2D eigenvalue weighted by Crippen LogP contribution is 2.23. The zero-order valence-electron chi connectivity index (χ0n) is 19.7. The second-order valence-electron chi connectivity index (χ2n) is 9.20. The molecule has 2 aromatic carbocycles. The summed E-state index contributed by atoms with van der Waals surface area (Å²) in [6.07, 6.45) is 8.10. The smallest absolute Gasteiger partial charge is 0.0995 e. The van der Waals surface area contributed by atoms with Gasteiger partial charge in [0, 0.05) is 42.9 Å². The van der Waals surface area contributed by atoms with Crippen LogP contribution in [0.15, 0.2) is 79.4 Å². The van der Waals surface area contributed by atoms with Gasteiger partial charge in [0.25, 0.3) is 0 Å². The Kier molecular flexibility index (Phi) is 6.70. The van der Waals surface area contributed by atoms with Crippen molar-refractivity contribution < 1.29 is 0 Å². The minimum Gasteiger partial charge on any atom is -0.379 e. The van der Waals surface area contributed by atoms with Crippen LogP contribution in [-0.2, 0) is 13.1 Å². The minimum absolute atomic E-state index is 0.272. The van der Waals surface area contributed by atoms with Gasteiger partial charge in [-0.1, -0.05) is 30.3 Å². The third-order valence-electron chi connectivity index (χ3n) is 6.33. The van der Waals surface area contributed by atoms with E-state index in [4.69, 9.17) is 5.73 Å². The standard InChI is InChI=1S/C28H32N6/c1-21-17-34(20-32-21)28-13-22(18-33-11-5-8-25(29)19-33)12-26(15-28)31-16-27-14-24(9-10-30-27)23-6-3-2-4-7-23/h2-4,6-7,9-10,12-15,17,20,25,31H,5,8,11,16,18-19,29H2,1H3/t25-/m0/s1. The molecule has 3 heterocycles. The molecule has 0 aliphatic carbocycles. The lowest BCUT2D eigenvalue weighted by Crippen LogP contribution is -2.42. The number of benzene rings is 2. The van der Waals surface area contributed by atoms with E-state index in [-0.39, 0.29) is 6.04 Å². The van der Waals surface area contributed by atoms with Crippen LogP contribution in [0.4, 0.5) is 5.69 Å². The number of anilines is 1. The quantitative estimate of drug-likeness (QED) is 0.422. The fourth-order valence-corrected chi connectivity index (χ4v) is 4.65. The maximum atomic E-state index is 6.23. The maximum Gasteiger partial charge on any atom is 0.0995 e. The van der Waals surface area contributed by atoms with Crippen molar-refractivity contribution in [3.05, 3.63) is 96.3 Å². The molecule has 6 heteroatoms. The number of likely N-dealkylation sites (tertiary alicyclic amines) is 1. The van der Waals surface area contributed by atoms with Gasteiger partial charge in [-0.3, -0.25) is 9.88 Å². The number of hydrogen-bond donors (Lipinski definition) is 2. The van der Waals surface area contributed by atoms with Crippen LogP contribution < -0.4 is 11.1 Å². The van der Waals surface area contributed by atoms with Crippen LogP contribution in [0, 0.1) is 6.92 Å². The average molecular weight is 453 g/mol. The molecule has 1 fully saturated rings. The summed E-state index contributed by atoms with van der Waals surface area (Å²) in [4.78, 5) is 11.5. The maximum absolute atomic E-state index is 6.23. The van der Waals surface area contributed by atoms with E-state index in [0.717, 1.165) is 55.2 Å². The normalized spacial score (nSPS) is 16.5. The Morgan fingerprint density at radius 3 is 2.71 bits per heavy atom. The summed E-state index contributed by atoms with van der Waals surface area (Å²) in [5, 5.41) is 3.60. The van der Waals surface area contributed by atoms with Crippen LogP contribution in [0.1, 0.15) is 29.8 Å². The van der Waals surface area contributed by atoms with E-state index >= 15 is 0 Å². The van der Waals surface area contributed by atoms with Crippen molar-refractivity contribution in [3.63, 3.8) is 0 Å². The van der Waals surface area contributed by atoms with E-state index in [1.807, 2.05) is 25.5 Å². The minimum atomic E-state index is 0.272. The summed E-state index contributed by atoms with van der Waals surface area (Å²) in [5.74, 6) is 0. The van der Waals surface area contributed by atoms with Gasteiger partial charge in [-0.05, 0) is 73.3 Å². The molecule has 3 N–H and O–H groups in total. The summed E-state index contributed by atoms with van der Waals surface area (Å²) < 4.78 is 2.08. The molecule has 0 radical (unpaired) electrons. The van der Waals surface area contributed by atoms with Crippen LogP contribution in [-0.4, -0.2) is 38.6 Å². The highest BCUT2D eigenvalue weighted by molar-refractivity contribution is 5.63. The van der Waals surface area contributed by atoms with Gasteiger partial charge in [-0.25, -0.2) is 4.98 Å². The number of imidazole rings is 1. The molecule has 174 valence electrons. The van der Waals surface area contributed by atoms with Crippen molar-refractivity contribution in [1.82, 2.24) is 19.4 Å². The first-order valence-electron chi connectivity index (χ1n) is 12.0. The van der Waals surface area contributed by atoms with E-state index in [1.54, 1.807) is 0 Å². The SMILES string of the molecule is Cc1cn(-c2cc(CN3CCC[C@H](N)C3)cc(NCc3cc(-c4ccccc4)ccn3)c2)cn1. The number of pyridine rings is 1. The Balaban J connectivity index is 1.37. The fraction of sp³-hybridized carbons (Fsp3) is 0.286. The van der Waals surface area contributed by atoms with Crippen LogP contribution in [0.25, 0.3) is 16.8 Å². The second kappa shape index (κ2) is 10.2. The van der Waals surface area contributed by atoms with Gasteiger partial charge in [0.15, 0.2) is 0 Å². The Bertz CT molecular complexity index is 1230. The predicted octanol–water partition coefficient (Wildman–Crippen LogP) is 4.78. The molecule has 34 heavy (non-hydrogen) atoms. The molecule has 0 bridgehead atoms. The summed E-state index contributed by atoms with van der Waals surface area (Å²) >= 11 is 0. The van der Waals surface area contributed by atoms with Gasteiger partial charge in [-0.15, -0.1) is 0 Å². The molecule has 6 nitrogen and oxygen atoms in total. The number of aromatic nitrogens is 3. The van der Waals surface area contributed by atoms with Crippen molar-refractivity contribution in [2.75, 3.05) is 18.4 Å². The number of rotatable bonds is 7. The molecule has 0 amide bonds. The van der Waals surface area contributed by atoms with E-state index in [9.17, 15) is 0 Å². The molecule has 0 saturated carbocycles. The van der Waals surface area contributed by atoms with Crippen LogP contribution in [0.2, 0.25) is 0 Å². The third-order valence-corrected chi connectivity index (χ3v) is 6.33. The Labute approximate surface area is 201 Å². The summed E-state index contributed by atoms with van der Waals surface area (Å²) in [6, 6.07) is 21.6. The van der Waals surface area contributed by atoms with Gasteiger partial charge < -0.3 is 15.6 Å². The number of aryl methyl sites for hydroxylation is 1. The molecule has 1 saturated heterocycles. The third kappa shape index (κ3) is 5.53. The Hall–Kier alpha value is -3.48. The number of piperidine rings is 1. The number of nitrogens with one attached hydrogen (secondary N) is 1. The van der Waals surface area contributed by atoms with Gasteiger partial charge in [0.2, 0.25) is 0 Å². The molecule has 0 unspecified atom stereocenters. The largest absolute Gasteiger partial charge is 0.379 e. The lowest BCUT2D eigenvalue weighted by molar-refractivity contribution is 0.201. The van der Waals surface area contributed by atoms with Crippen molar-refractivity contribution in [1.29, 1.82) is 0 Å². The predicted molar refractivity (Wildman–Crippen MR) is 138 cm³/mol. The number of nitrogens with two attached hydrogens (primary N) is 1. The van der Waals surface area contributed by atoms with Gasteiger partial charge in [-0.2, -0.15) is 0 Å². The van der Waals surface area contributed by atoms with Crippen molar-refractivity contribution in [2.24, 2.45) is 5.73 Å². The molecular weight excluding hydrogens is 420 g/mol.